The van der Waals surface area contributed by atoms with E-state index in [9.17, 15) is 0 Å². The van der Waals surface area contributed by atoms with Gasteiger partial charge >= 0.3 is 0 Å². The fraction of sp³-hybridized carbons (Fsp3) is 0.393. The molecule has 0 spiro atoms. The molecule has 1 heterocycles. The lowest BCUT2D eigenvalue weighted by molar-refractivity contribution is 0.295. The third kappa shape index (κ3) is 7.21. The van der Waals surface area contributed by atoms with E-state index >= 15 is 0 Å². The predicted octanol–water partition coefficient (Wildman–Crippen LogP) is 7.05. The zero-order chi connectivity index (χ0) is 23.8. The number of halogens is 1. The van der Waals surface area contributed by atoms with Crippen molar-refractivity contribution in [1.82, 2.24) is 9.88 Å². The van der Waals surface area contributed by atoms with Crippen molar-refractivity contribution in [3.8, 4) is 0 Å². The van der Waals surface area contributed by atoms with E-state index in [0.717, 1.165) is 64.6 Å². The first-order valence-corrected chi connectivity index (χ1v) is 12.3. The maximum atomic E-state index is 6.02. The van der Waals surface area contributed by atoms with Crippen LogP contribution in [0.15, 0.2) is 48.5 Å². The highest BCUT2D eigenvalue weighted by atomic mass is 35.5. The van der Waals surface area contributed by atoms with E-state index in [1.165, 1.54) is 6.42 Å². The minimum atomic E-state index is 0.382. The standard InChI is InChI=1S/C28H37ClN4/c1-6-33(7-2)18-8-9-21(3)30-27-19-24(15-12-22-10-13-23(29)14-11-22)31-28-20-25(32(4)5)16-17-26(27)28/h10-17,19-21H,6-9,18H2,1-5H3,(H,30,31)/b15-12-/t21-/m0/s1. The number of benzene rings is 2. The van der Waals surface area contributed by atoms with Gasteiger partial charge in [-0.05, 0) is 87.4 Å². The van der Waals surface area contributed by atoms with Crippen molar-refractivity contribution in [2.24, 2.45) is 0 Å². The molecule has 1 N–H and O–H groups in total. The number of hydrogen-bond donors (Lipinski definition) is 1. The Bertz CT molecular complexity index is 1060. The second-order valence-electron chi connectivity index (χ2n) is 8.79. The van der Waals surface area contributed by atoms with E-state index in [-0.39, 0.29) is 0 Å². The fourth-order valence-corrected chi connectivity index (χ4v) is 4.10. The second kappa shape index (κ2) is 12.1. The number of aromatic nitrogens is 1. The molecule has 33 heavy (non-hydrogen) atoms. The molecule has 0 amide bonds. The third-order valence-electron chi connectivity index (χ3n) is 6.05. The van der Waals surface area contributed by atoms with Gasteiger partial charge in [0.2, 0.25) is 0 Å². The van der Waals surface area contributed by atoms with Gasteiger partial charge in [-0.15, -0.1) is 0 Å². The van der Waals surface area contributed by atoms with Gasteiger partial charge in [-0.25, -0.2) is 4.98 Å². The third-order valence-corrected chi connectivity index (χ3v) is 6.31. The number of anilines is 2. The van der Waals surface area contributed by atoms with Crippen molar-refractivity contribution in [3.05, 3.63) is 64.8 Å². The SMILES string of the molecule is CCN(CC)CCC[C@H](C)Nc1cc(/C=C\c2ccc(Cl)cc2)nc2cc(N(C)C)ccc12. The van der Waals surface area contributed by atoms with Crippen LogP contribution in [-0.2, 0) is 0 Å². The zero-order valence-electron chi connectivity index (χ0n) is 20.6. The molecule has 2 aromatic carbocycles. The molecule has 0 aliphatic carbocycles. The van der Waals surface area contributed by atoms with Gasteiger partial charge in [0.25, 0.3) is 0 Å². The Hall–Kier alpha value is -2.56. The molecule has 3 aromatic rings. The van der Waals surface area contributed by atoms with Crippen molar-refractivity contribution >= 4 is 46.0 Å². The molecule has 1 aromatic heterocycles. The molecular formula is C28H37ClN4. The van der Waals surface area contributed by atoms with Crippen LogP contribution in [0.3, 0.4) is 0 Å². The molecule has 0 fully saturated rings. The molecule has 176 valence electrons. The Balaban J connectivity index is 1.85. The zero-order valence-corrected chi connectivity index (χ0v) is 21.4. The lowest BCUT2D eigenvalue weighted by Gasteiger charge is -2.21. The van der Waals surface area contributed by atoms with Gasteiger partial charge in [0.1, 0.15) is 0 Å². The van der Waals surface area contributed by atoms with Gasteiger partial charge in [0, 0.05) is 41.9 Å². The molecule has 0 saturated heterocycles. The Morgan fingerprint density at radius 1 is 1.00 bits per heavy atom. The molecule has 0 aliphatic heterocycles. The summed E-state index contributed by atoms with van der Waals surface area (Å²) in [6.45, 7) is 10.1. The van der Waals surface area contributed by atoms with Crippen LogP contribution < -0.4 is 10.2 Å². The van der Waals surface area contributed by atoms with Crippen molar-refractivity contribution < 1.29 is 0 Å². The normalized spacial score (nSPS) is 12.6. The molecule has 0 aliphatic rings. The first-order valence-electron chi connectivity index (χ1n) is 11.9. The predicted molar refractivity (Wildman–Crippen MR) is 147 cm³/mol. The molecule has 1 atom stereocenters. The van der Waals surface area contributed by atoms with E-state index in [1.54, 1.807) is 0 Å². The largest absolute Gasteiger partial charge is 0.382 e. The Labute approximate surface area is 204 Å². The number of rotatable bonds is 11. The van der Waals surface area contributed by atoms with Crippen LogP contribution in [0.5, 0.6) is 0 Å². The van der Waals surface area contributed by atoms with E-state index in [1.807, 2.05) is 24.3 Å². The van der Waals surface area contributed by atoms with Crippen LogP contribution in [-0.4, -0.2) is 49.7 Å². The average molecular weight is 465 g/mol. The van der Waals surface area contributed by atoms with Crippen LogP contribution in [0.2, 0.25) is 5.02 Å². The Kier molecular flexibility index (Phi) is 9.16. The summed E-state index contributed by atoms with van der Waals surface area (Å²) in [5.74, 6) is 0. The summed E-state index contributed by atoms with van der Waals surface area (Å²) in [6.07, 6.45) is 6.47. The minimum Gasteiger partial charge on any atom is -0.382 e. The second-order valence-corrected chi connectivity index (χ2v) is 9.23. The maximum Gasteiger partial charge on any atom is 0.0750 e. The molecule has 4 nitrogen and oxygen atoms in total. The first kappa shape index (κ1) is 25.1. The highest BCUT2D eigenvalue weighted by Crippen LogP contribution is 2.28. The summed E-state index contributed by atoms with van der Waals surface area (Å²) < 4.78 is 0. The molecule has 0 radical (unpaired) electrons. The molecule has 5 heteroatoms. The summed E-state index contributed by atoms with van der Waals surface area (Å²) in [6, 6.07) is 16.9. The molecule has 3 rings (SSSR count). The van der Waals surface area contributed by atoms with E-state index in [0.29, 0.717) is 6.04 Å². The molecule has 0 saturated carbocycles. The van der Waals surface area contributed by atoms with Gasteiger partial charge in [0.15, 0.2) is 0 Å². The van der Waals surface area contributed by atoms with Gasteiger partial charge in [-0.3, -0.25) is 0 Å². The van der Waals surface area contributed by atoms with E-state index in [2.05, 4.69) is 86.4 Å². The number of pyridine rings is 1. The fourth-order valence-electron chi connectivity index (χ4n) is 3.97. The quantitative estimate of drug-likeness (QED) is 0.329. The molecular weight excluding hydrogens is 428 g/mol. The number of hydrogen-bond acceptors (Lipinski definition) is 4. The van der Waals surface area contributed by atoms with Crippen LogP contribution in [0, 0.1) is 0 Å². The number of nitrogens with one attached hydrogen (secondary N) is 1. The minimum absolute atomic E-state index is 0.382. The van der Waals surface area contributed by atoms with E-state index in [4.69, 9.17) is 16.6 Å². The van der Waals surface area contributed by atoms with Gasteiger partial charge in [-0.2, -0.15) is 0 Å². The van der Waals surface area contributed by atoms with Gasteiger partial charge in [0.05, 0.1) is 11.2 Å². The van der Waals surface area contributed by atoms with Crippen molar-refractivity contribution in [1.29, 1.82) is 0 Å². The van der Waals surface area contributed by atoms with Crippen molar-refractivity contribution in [3.63, 3.8) is 0 Å². The average Bonchev–Trinajstić information content (AvgIpc) is 2.81. The smallest absolute Gasteiger partial charge is 0.0750 e. The highest BCUT2D eigenvalue weighted by Gasteiger charge is 2.10. The molecule has 0 unspecified atom stereocenters. The topological polar surface area (TPSA) is 31.4 Å². The molecule has 0 bridgehead atoms. The summed E-state index contributed by atoms with van der Waals surface area (Å²) in [5.41, 5.74) is 5.31. The summed E-state index contributed by atoms with van der Waals surface area (Å²) >= 11 is 6.02. The first-order chi connectivity index (χ1) is 15.9. The highest BCUT2D eigenvalue weighted by molar-refractivity contribution is 6.30. The van der Waals surface area contributed by atoms with Crippen LogP contribution in [0.4, 0.5) is 11.4 Å². The monoisotopic (exact) mass is 464 g/mol. The van der Waals surface area contributed by atoms with Crippen molar-refractivity contribution in [2.75, 3.05) is 43.9 Å². The summed E-state index contributed by atoms with van der Waals surface area (Å²) in [4.78, 5) is 9.53. The lowest BCUT2D eigenvalue weighted by atomic mass is 10.1. The van der Waals surface area contributed by atoms with Gasteiger partial charge in [-0.1, -0.05) is 43.7 Å². The number of fused-ring (bicyclic) bond motifs is 1. The van der Waals surface area contributed by atoms with Crippen molar-refractivity contribution in [2.45, 2.75) is 39.7 Å². The summed E-state index contributed by atoms with van der Waals surface area (Å²) in [5, 5.41) is 5.66. The maximum absolute atomic E-state index is 6.02. The Morgan fingerprint density at radius 3 is 2.39 bits per heavy atom. The number of nitrogens with zero attached hydrogens (tertiary/aromatic N) is 3. The van der Waals surface area contributed by atoms with Crippen LogP contribution >= 0.6 is 11.6 Å². The van der Waals surface area contributed by atoms with E-state index < -0.39 is 0 Å². The van der Waals surface area contributed by atoms with Crippen LogP contribution in [0.25, 0.3) is 23.1 Å². The summed E-state index contributed by atoms with van der Waals surface area (Å²) in [7, 11) is 4.12. The Morgan fingerprint density at radius 2 is 1.73 bits per heavy atom. The lowest BCUT2D eigenvalue weighted by Crippen LogP contribution is -2.25. The van der Waals surface area contributed by atoms with Crippen LogP contribution in [0.1, 0.15) is 44.9 Å². The van der Waals surface area contributed by atoms with Gasteiger partial charge < -0.3 is 15.1 Å².